The van der Waals surface area contributed by atoms with Crippen LogP contribution in [0, 0.1) is 0 Å². The number of nitrogens with one attached hydrogen (secondary N) is 1. The largest absolute Gasteiger partial charge is 0.395 e. The first-order chi connectivity index (χ1) is 5.81. The number of rotatable bonds is 8. The van der Waals surface area contributed by atoms with Crippen LogP contribution in [0.3, 0.4) is 0 Å². The monoisotopic (exact) mass is 173 g/mol. The first kappa shape index (κ1) is 11.9. The van der Waals surface area contributed by atoms with E-state index in [4.69, 9.17) is 5.11 Å². The van der Waals surface area contributed by atoms with Gasteiger partial charge in [-0.25, -0.2) is 0 Å². The molecule has 2 heteroatoms. The molecule has 2 N–H and O–H groups in total. The number of unbranched alkanes of at least 4 members (excludes halogenated alkanes) is 3. The summed E-state index contributed by atoms with van der Waals surface area (Å²) in [5, 5.41) is 11.8. The van der Waals surface area contributed by atoms with E-state index in [0.717, 1.165) is 6.54 Å². The third kappa shape index (κ3) is 8.02. The summed E-state index contributed by atoms with van der Waals surface area (Å²) >= 11 is 0. The molecule has 0 saturated heterocycles. The summed E-state index contributed by atoms with van der Waals surface area (Å²) in [6.45, 7) is 5.39. The lowest BCUT2D eigenvalue weighted by Crippen LogP contribution is -2.28. The Bertz CT molecular complexity index is 85.9. The van der Waals surface area contributed by atoms with E-state index in [1.807, 2.05) is 0 Å². The normalized spacial score (nSPS) is 13.2. The third-order valence-electron chi connectivity index (χ3n) is 2.10. The van der Waals surface area contributed by atoms with Gasteiger partial charge in [-0.3, -0.25) is 0 Å². The molecule has 0 aliphatic heterocycles. The van der Waals surface area contributed by atoms with E-state index in [9.17, 15) is 0 Å². The molecule has 0 amide bonds. The van der Waals surface area contributed by atoms with Crippen LogP contribution >= 0.6 is 0 Å². The van der Waals surface area contributed by atoms with Crippen molar-refractivity contribution in [3.63, 3.8) is 0 Å². The third-order valence-corrected chi connectivity index (χ3v) is 2.10. The SMILES string of the molecule is CCCCCC[C@H](C)NCCO. The fraction of sp³-hybridized carbons (Fsp3) is 1.00. The zero-order valence-electron chi connectivity index (χ0n) is 8.47. The molecular weight excluding hydrogens is 150 g/mol. The first-order valence-electron chi connectivity index (χ1n) is 5.15. The highest BCUT2D eigenvalue weighted by Crippen LogP contribution is 2.04. The molecule has 12 heavy (non-hydrogen) atoms. The van der Waals surface area contributed by atoms with Crippen LogP contribution < -0.4 is 5.32 Å². The smallest absolute Gasteiger partial charge is 0.0556 e. The fourth-order valence-corrected chi connectivity index (χ4v) is 1.29. The van der Waals surface area contributed by atoms with Crippen LogP contribution in [0.1, 0.15) is 46.0 Å². The zero-order valence-corrected chi connectivity index (χ0v) is 8.47. The van der Waals surface area contributed by atoms with E-state index in [1.165, 1.54) is 32.1 Å². The Kier molecular flexibility index (Phi) is 8.95. The minimum atomic E-state index is 0.249. The highest BCUT2D eigenvalue weighted by Gasteiger charge is 1.98. The molecule has 0 rings (SSSR count). The van der Waals surface area contributed by atoms with Gasteiger partial charge in [-0.05, 0) is 13.3 Å². The Morgan fingerprint density at radius 3 is 2.58 bits per heavy atom. The summed E-state index contributed by atoms with van der Waals surface area (Å²) in [6, 6.07) is 0.564. The van der Waals surface area contributed by atoms with Crippen LogP contribution in [-0.4, -0.2) is 24.3 Å². The molecule has 0 radical (unpaired) electrons. The zero-order chi connectivity index (χ0) is 9.23. The van der Waals surface area contributed by atoms with E-state index in [-0.39, 0.29) is 6.61 Å². The number of hydrogen-bond acceptors (Lipinski definition) is 2. The van der Waals surface area contributed by atoms with Gasteiger partial charge in [0.1, 0.15) is 0 Å². The lowest BCUT2D eigenvalue weighted by Gasteiger charge is -2.11. The maximum absolute atomic E-state index is 8.56. The van der Waals surface area contributed by atoms with Gasteiger partial charge < -0.3 is 10.4 Å². The van der Waals surface area contributed by atoms with Gasteiger partial charge in [0.25, 0.3) is 0 Å². The molecule has 0 aliphatic rings. The Hall–Kier alpha value is -0.0800. The summed E-state index contributed by atoms with van der Waals surface area (Å²) in [4.78, 5) is 0. The van der Waals surface area contributed by atoms with Crippen molar-refractivity contribution in [1.82, 2.24) is 5.32 Å². The minimum Gasteiger partial charge on any atom is -0.395 e. The van der Waals surface area contributed by atoms with Gasteiger partial charge in [0.2, 0.25) is 0 Å². The molecule has 0 spiro atoms. The first-order valence-corrected chi connectivity index (χ1v) is 5.15. The van der Waals surface area contributed by atoms with Crippen LogP contribution in [0.5, 0.6) is 0 Å². The lowest BCUT2D eigenvalue weighted by molar-refractivity contribution is 0.283. The van der Waals surface area contributed by atoms with Crippen LogP contribution in [0.15, 0.2) is 0 Å². The maximum Gasteiger partial charge on any atom is 0.0556 e. The van der Waals surface area contributed by atoms with E-state index in [0.29, 0.717) is 6.04 Å². The molecule has 0 aliphatic carbocycles. The average Bonchev–Trinajstić information content (AvgIpc) is 2.09. The number of aliphatic hydroxyl groups excluding tert-OH is 1. The predicted molar refractivity (Wildman–Crippen MR) is 53.3 cm³/mol. The second-order valence-corrected chi connectivity index (χ2v) is 3.43. The Balaban J connectivity index is 3.02. The second kappa shape index (κ2) is 9.01. The van der Waals surface area contributed by atoms with Crippen molar-refractivity contribution in [2.45, 2.75) is 52.0 Å². The van der Waals surface area contributed by atoms with Gasteiger partial charge in [0.15, 0.2) is 0 Å². The van der Waals surface area contributed by atoms with Crippen LogP contribution in [0.4, 0.5) is 0 Å². The van der Waals surface area contributed by atoms with Crippen molar-refractivity contribution in [3.05, 3.63) is 0 Å². The highest BCUT2D eigenvalue weighted by molar-refractivity contribution is 4.59. The van der Waals surface area contributed by atoms with Gasteiger partial charge in [-0.2, -0.15) is 0 Å². The molecule has 0 aromatic rings. The van der Waals surface area contributed by atoms with Crippen molar-refractivity contribution in [3.8, 4) is 0 Å². The molecule has 0 aromatic heterocycles. The number of aliphatic hydroxyl groups is 1. The summed E-state index contributed by atoms with van der Waals surface area (Å²) in [6.07, 6.45) is 6.56. The molecule has 0 heterocycles. The van der Waals surface area contributed by atoms with Gasteiger partial charge >= 0.3 is 0 Å². The lowest BCUT2D eigenvalue weighted by atomic mass is 10.1. The van der Waals surface area contributed by atoms with Crippen molar-refractivity contribution in [1.29, 1.82) is 0 Å². The van der Waals surface area contributed by atoms with Gasteiger partial charge in [0, 0.05) is 12.6 Å². The van der Waals surface area contributed by atoms with E-state index < -0.39 is 0 Å². The van der Waals surface area contributed by atoms with Crippen LogP contribution in [0.25, 0.3) is 0 Å². The molecule has 0 bridgehead atoms. The molecule has 0 fully saturated rings. The Morgan fingerprint density at radius 2 is 2.00 bits per heavy atom. The average molecular weight is 173 g/mol. The van der Waals surface area contributed by atoms with Crippen molar-refractivity contribution < 1.29 is 5.11 Å². The van der Waals surface area contributed by atoms with E-state index >= 15 is 0 Å². The predicted octanol–water partition coefficient (Wildman–Crippen LogP) is 1.93. The summed E-state index contributed by atoms with van der Waals surface area (Å²) in [7, 11) is 0. The Labute approximate surface area is 76.4 Å². The summed E-state index contributed by atoms with van der Waals surface area (Å²) in [5.41, 5.74) is 0. The summed E-state index contributed by atoms with van der Waals surface area (Å²) in [5.74, 6) is 0. The van der Waals surface area contributed by atoms with Crippen molar-refractivity contribution in [2.75, 3.05) is 13.2 Å². The fourth-order valence-electron chi connectivity index (χ4n) is 1.29. The van der Waals surface area contributed by atoms with Crippen LogP contribution in [-0.2, 0) is 0 Å². The van der Waals surface area contributed by atoms with Gasteiger partial charge in [-0.1, -0.05) is 32.6 Å². The standard InChI is InChI=1S/C10H23NO/c1-3-4-5-6-7-10(2)11-8-9-12/h10-12H,3-9H2,1-2H3/t10-/m0/s1. The minimum absolute atomic E-state index is 0.249. The Morgan fingerprint density at radius 1 is 1.25 bits per heavy atom. The van der Waals surface area contributed by atoms with E-state index in [2.05, 4.69) is 19.2 Å². The summed E-state index contributed by atoms with van der Waals surface area (Å²) < 4.78 is 0. The van der Waals surface area contributed by atoms with Crippen molar-refractivity contribution in [2.24, 2.45) is 0 Å². The molecular formula is C10H23NO. The topological polar surface area (TPSA) is 32.3 Å². The van der Waals surface area contributed by atoms with Gasteiger partial charge in [-0.15, -0.1) is 0 Å². The molecule has 0 saturated carbocycles. The second-order valence-electron chi connectivity index (χ2n) is 3.43. The molecule has 2 nitrogen and oxygen atoms in total. The molecule has 74 valence electrons. The van der Waals surface area contributed by atoms with Crippen molar-refractivity contribution >= 4 is 0 Å². The number of hydrogen-bond donors (Lipinski definition) is 2. The highest BCUT2D eigenvalue weighted by atomic mass is 16.3. The van der Waals surface area contributed by atoms with Crippen LogP contribution in [0.2, 0.25) is 0 Å². The van der Waals surface area contributed by atoms with Gasteiger partial charge in [0.05, 0.1) is 6.61 Å². The molecule has 1 atom stereocenters. The quantitative estimate of drug-likeness (QED) is 0.550. The maximum atomic E-state index is 8.56. The molecule has 0 unspecified atom stereocenters. The molecule has 0 aromatic carbocycles. The van der Waals surface area contributed by atoms with E-state index in [1.54, 1.807) is 0 Å².